The molecule has 0 saturated carbocycles. The maximum Gasteiger partial charge on any atom is 0.243 e. The van der Waals surface area contributed by atoms with Crippen LogP contribution in [-0.2, 0) is 16.6 Å². The molecule has 4 nitrogen and oxygen atoms in total. The van der Waals surface area contributed by atoms with E-state index >= 15 is 0 Å². The average Bonchev–Trinajstić information content (AvgIpc) is 2.61. The van der Waals surface area contributed by atoms with Gasteiger partial charge in [0, 0.05) is 42.8 Å². The van der Waals surface area contributed by atoms with Crippen LogP contribution in [0.3, 0.4) is 0 Å². The Morgan fingerprint density at radius 2 is 1.61 bits per heavy atom. The molecule has 0 spiro atoms. The van der Waals surface area contributed by atoms with E-state index in [1.165, 1.54) is 16.4 Å². The Morgan fingerprint density at radius 3 is 2.21 bits per heavy atom. The predicted octanol–water partition coefficient (Wildman–Crippen LogP) is 4.68. The number of piperazine rings is 1. The number of nitrogens with zero attached hydrogens (tertiary/aromatic N) is 2. The summed E-state index contributed by atoms with van der Waals surface area (Å²) in [5.74, 6) is -0.367. The molecular weight excluding hydrogens is 446 g/mol. The number of hydrogen-bond acceptors (Lipinski definition) is 3. The molecule has 28 heavy (non-hydrogen) atoms. The number of aryl methyl sites for hydroxylation is 2. The monoisotopic (exact) mass is 466 g/mol. The van der Waals surface area contributed by atoms with Gasteiger partial charge in [-0.15, -0.1) is 12.4 Å². The highest BCUT2D eigenvalue weighted by atomic mass is 35.5. The lowest BCUT2D eigenvalue weighted by Gasteiger charge is -2.34. The second kappa shape index (κ2) is 9.28. The molecule has 3 rings (SSSR count). The van der Waals surface area contributed by atoms with Crippen molar-refractivity contribution in [2.45, 2.75) is 25.3 Å². The molecule has 0 unspecified atom stereocenters. The second-order valence-corrected chi connectivity index (χ2v) is 9.50. The number of hydrogen-bond donors (Lipinski definition) is 0. The summed E-state index contributed by atoms with van der Waals surface area (Å²) in [7, 11) is -3.57. The van der Waals surface area contributed by atoms with E-state index in [4.69, 9.17) is 23.2 Å². The van der Waals surface area contributed by atoms with Crippen molar-refractivity contribution in [1.82, 2.24) is 9.21 Å². The molecule has 0 bridgehead atoms. The molecule has 1 saturated heterocycles. The normalized spacial score (nSPS) is 16.0. The first-order chi connectivity index (χ1) is 12.7. The molecule has 154 valence electrons. The molecule has 1 aliphatic heterocycles. The Morgan fingerprint density at radius 1 is 0.964 bits per heavy atom. The molecule has 0 amide bonds. The Labute approximate surface area is 181 Å². The van der Waals surface area contributed by atoms with Crippen molar-refractivity contribution in [1.29, 1.82) is 0 Å². The number of benzene rings is 2. The molecule has 0 N–H and O–H groups in total. The molecule has 0 aliphatic carbocycles. The minimum absolute atomic E-state index is 0. The van der Waals surface area contributed by atoms with E-state index in [9.17, 15) is 12.8 Å². The Balaban J connectivity index is 0.00000280. The van der Waals surface area contributed by atoms with Crippen molar-refractivity contribution < 1.29 is 12.8 Å². The molecule has 2 aromatic carbocycles. The van der Waals surface area contributed by atoms with Crippen LogP contribution in [0, 0.1) is 19.7 Å². The minimum atomic E-state index is -3.57. The first-order valence-electron chi connectivity index (χ1n) is 8.61. The lowest BCUT2D eigenvalue weighted by atomic mass is 10.2. The van der Waals surface area contributed by atoms with Gasteiger partial charge in [-0.1, -0.05) is 29.3 Å². The maximum absolute atomic E-state index is 13.2. The van der Waals surface area contributed by atoms with Crippen molar-refractivity contribution in [2.24, 2.45) is 0 Å². The van der Waals surface area contributed by atoms with Crippen molar-refractivity contribution in [3.63, 3.8) is 0 Å². The third-order valence-corrected chi connectivity index (χ3v) is 7.61. The lowest BCUT2D eigenvalue weighted by molar-refractivity contribution is 0.181. The summed E-state index contributed by atoms with van der Waals surface area (Å²) in [6.07, 6.45) is 0. The summed E-state index contributed by atoms with van der Waals surface area (Å²) in [6.45, 7) is 6.06. The van der Waals surface area contributed by atoms with Crippen molar-refractivity contribution in [2.75, 3.05) is 26.2 Å². The highest BCUT2D eigenvalue weighted by molar-refractivity contribution is 7.89. The fraction of sp³-hybridized carbons (Fsp3) is 0.368. The van der Waals surface area contributed by atoms with Gasteiger partial charge in [0.15, 0.2) is 0 Å². The van der Waals surface area contributed by atoms with E-state index < -0.39 is 10.0 Å². The summed E-state index contributed by atoms with van der Waals surface area (Å²) in [6, 6.07) is 7.67. The van der Waals surface area contributed by atoms with E-state index in [2.05, 4.69) is 4.90 Å². The van der Waals surface area contributed by atoms with Gasteiger partial charge < -0.3 is 0 Å². The Bertz CT molecular complexity index is 962. The fourth-order valence-electron chi connectivity index (χ4n) is 3.19. The zero-order valence-corrected chi connectivity index (χ0v) is 18.7. The molecule has 1 fully saturated rings. The first kappa shape index (κ1) is 23.4. The topological polar surface area (TPSA) is 40.6 Å². The molecular formula is C19H22Cl3FN2O2S. The third-order valence-electron chi connectivity index (χ3n) is 4.81. The van der Waals surface area contributed by atoms with Crippen molar-refractivity contribution in [3.05, 3.63) is 62.9 Å². The van der Waals surface area contributed by atoms with Gasteiger partial charge in [-0.25, -0.2) is 12.8 Å². The van der Waals surface area contributed by atoms with E-state index in [1.807, 2.05) is 0 Å². The van der Waals surface area contributed by atoms with E-state index in [1.54, 1.807) is 32.0 Å². The molecule has 1 heterocycles. The van der Waals surface area contributed by atoms with Gasteiger partial charge >= 0.3 is 0 Å². The van der Waals surface area contributed by atoms with Crippen LogP contribution in [0.5, 0.6) is 0 Å². The van der Waals surface area contributed by atoms with Gasteiger partial charge in [0.25, 0.3) is 0 Å². The first-order valence-corrected chi connectivity index (χ1v) is 10.8. The van der Waals surface area contributed by atoms with E-state index in [0.717, 1.165) is 11.1 Å². The largest absolute Gasteiger partial charge is 0.296 e. The smallest absolute Gasteiger partial charge is 0.243 e. The van der Waals surface area contributed by atoms with Gasteiger partial charge in [-0.3, -0.25) is 4.90 Å². The van der Waals surface area contributed by atoms with Gasteiger partial charge in [-0.05, 0) is 54.8 Å². The number of sulfonamides is 1. The third kappa shape index (κ3) is 4.99. The predicted molar refractivity (Wildman–Crippen MR) is 114 cm³/mol. The van der Waals surface area contributed by atoms with Crippen LogP contribution >= 0.6 is 35.6 Å². The zero-order valence-electron chi connectivity index (χ0n) is 15.6. The van der Waals surface area contributed by atoms with Crippen LogP contribution in [0.4, 0.5) is 4.39 Å². The maximum atomic E-state index is 13.2. The van der Waals surface area contributed by atoms with Gasteiger partial charge in [0.2, 0.25) is 10.0 Å². The van der Waals surface area contributed by atoms with Crippen molar-refractivity contribution in [3.8, 4) is 0 Å². The van der Waals surface area contributed by atoms with Crippen LogP contribution in [0.25, 0.3) is 0 Å². The second-order valence-electron chi connectivity index (χ2n) is 6.78. The molecule has 2 aromatic rings. The highest BCUT2D eigenvalue weighted by Crippen LogP contribution is 2.27. The highest BCUT2D eigenvalue weighted by Gasteiger charge is 2.30. The Hall–Kier alpha value is -0.890. The molecule has 0 atom stereocenters. The summed E-state index contributed by atoms with van der Waals surface area (Å²) in [5.41, 5.74) is 2.22. The fourth-order valence-corrected chi connectivity index (χ4v) is 5.35. The molecule has 0 aromatic heterocycles. The quantitative estimate of drug-likeness (QED) is 0.656. The lowest BCUT2D eigenvalue weighted by Crippen LogP contribution is -2.48. The van der Waals surface area contributed by atoms with Crippen LogP contribution in [0.2, 0.25) is 10.0 Å². The summed E-state index contributed by atoms with van der Waals surface area (Å²) < 4.78 is 40.7. The Kier molecular flexibility index (Phi) is 7.76. The zero-order chi connectivity index (χ0) is 19.8. The van der Waals surface area contributed by atoms with Gasteiger partial charge in [-0.2, -0.15) is 4.31 Å². The standard InChI is InChI=1S/C19H21Cl2FN2O2S.ClH/c1-13-10-19(14(2)9-17(13)20)27(25,26)24-7-5-23(6-8-24)12-15-3-4-16(22)11-18(15)21;/h3-4,9-11H,5-8,12H2,1-2H3;1H. The average molecular weight is 468 g/mol. The van der Waals surface area contributed by atoms with E-state index in [0.29, 0.717) is 53.2 Å². The number of rotatable bonds is 4. The van der Waals surface area contributed by atoms with Crippen LogP contribution in [0.1, 0.15) is 16.7 Å². The van der Waals surface area contributed by atoms with Gasteiger partial charge in [0.1, 0.15) is 5.82 Å². The minimum Gasteiger partial charge on any atom is -0.296 e. The summed E-state index contributed by atoms with van der Waals surface area (Å²) in [4.78, 5) is 2.42. The van der Waals surface area contributed by atoms with E-state index in [-0.39, 0.29) is 18.2 Å². The molecule has 0 radical (unpaired) electrons. The SMILES string of the molecule is Cc1cc(S(=O)(=O)N2CCN(Cc3ccc(F)cc3Cl)CC2)c(C)cc1Cl.Cl. The van der Waals surface area contributed by atoms with Crippen LogP contribution < -0.4 is 0 Å². The summed E-state index contributed by atoms with van der Waals surface area (Å²) in [5, 5.41) is 0.949. The van der Waals surface area contributed by atoms with Gasteiger partial charge in [0.05, 0.1) is 4.90 Å². The summed E-state index contributed by atoms with van der Waals surface area (Å²) >= 11 is 12.2. The number of halogens is 4. The van der Waals surface area contributed by atoms with Crippen molar-refractivity contribution >= 4 is 45.6 Å². The molecule has 1 aliphatic rings. The molecule has 9 heteroatoms. The van der Waals surface area contributed by atoms with Crippen LogP contribution in [-0.4, -0.2) is 43.8 Å². The van der Waals surface area contributed by atoms with Crippen LogP contribution in [0.15, 0.2) is 35.2 Å².